The third-order valence-electron chi connectivity index (χ3n) is 5.04. The van der Waals surface area contributed by atoms with Crippen molar-refractivity contribution in [2.24, 2.45) is 0 Å². The number of nitrogens with one attached hydrogen (secondary N) is 1. The van der Waals surface area contributed by atoms with Crippen molar-refractivity contribution in [3.8, 4) is 5.75 Å². The van der Waals surface area contributed by atoms with Crippen LogP contribution in [0.2, 0.25) is 0 Å². The van der Waals surface area contributed by atoms with Crippen LogP contribution in [0, 0.1) is 0 Å². The lowest BCUT2D eigenvalue weighted by Crippen LogP contribution is -2.29. The highest BCUT2D eigenvalue weighted by molar-refractivity contribution is 7.99. The number of furan rings is 1. The Labute approximate surface area is 189 Å². The number of thioether (sulfide) groups is 1. The topological polar surface area (TPSA) is 86.4 Å². The Bertz CT molecular complexity index is 1280. The number of hydrogen-bond acceptors (Lipinski definition) is 6. The molecule has 0 aliphatic rings. The minimum atomic E-state index is -0.228. The number of benzene rings is 2. The number of fused-ring (bicyclic) bond motifs is 1. The van der Waals surface area contributed by atoms with Crippen molar-refractivity contribution in [1.82, 2.24) is 14.9 Å². The van der Waals surface area contributed by atoms with E-state index in [0.29, 0.717) is 21.8 Å². The molecular formula is C24H23N3O4S. The van der Waals surface area contributed by atoms with Crippen molar-refractivity contribution in [3.63, 3.8) is 0 Å². The van der Waals surface area contributed by atoms with Gasteiger partial charge in [-0.1, -0.05) is 42.1 Å². The van der Waals surface area contributed by atoms with Gasteiger partial charge in [-0.05, 0) is 37.3 Å². The van der Waals surface area contributed by atoms with Crippen molar-refractivity contribution >= 4 is 28.6 Å². The van der Waals surface area contributed by atoms with Gasteiger partial charge in [-0.15, -0.1) is 0 Å². The van der Waals surface area contributed by atoms with Crippen LogP contribution in [-0.2, 0) is 11.3 Å². The number of para-hydroxylation sites is 2. The Kier molecular flexibility index (Phi) is 6.61. The summed E-state index contributed by atoms with van der Waals surface area (Å²) >= 11 is 1.22. The Balaban J connectivity index is 1.54. The summed E-state index contributed by atoms with van der Waals surface area (Å²) in [5.41, 5.74) is 1.32. The van der Waals surface area contributed by atoms with Crippen molar-refractivity contribution in [3.05, 3.63) is 88.6 Å². The molecule has 7 nitrogen and oxygen atoms in total. The smallest absolute Gasteiger partial charge is 0.262 e. The molecule has 0 bridgehead atoms. The molecule has 0 spiro atoms. The van der Waals surface area contributed by atoms with Crippen LogP contribution in [0.4, 0.5) is 0 Å². The molecule has 4 rings (SSSR count). The van der Waals surface area contributed by atoms with E-state index in [0.717, 1.165) is 11.3 Å². The van der Waals surface area contributed by atoms with Gasteiger partial charge in [0.1, 0.15) is 11.5 Å². The lowest BCUT2D eigenvalue weighted by atomic mass is 10.1. The molecule has 0 radical (unpaired) electrons. The summed E-state index contributed by atoms with van der Waals surface area (Å²) in [7, 11) is 1.60. The van der Waals surface area contributed by atoms with E-state index in [1.165, 1.54) is 11.8 Å². The number of amides is 1. The van der Waals surface area contributed by atoms with E-state index in [4.69, 9.17) is 9.15 Å². The predicted octanol–water partition coefficient (Wildman–Crippen LogP) is 4.02. The molecule has 0 fully saturated rings. The summed E-state index contributed by atoms with van der Waals surface area (Å²) in [5, 5.41) is 3.97. The first-order valence-corrected chi connectivity index (χ1v) is 11.1. The molecule has 0 saturated heterocycles. The van der Waals surface area contributed by atoms with Gasteiger partial charge in [0.2, 0.25) is 5.91 Å². The fraction of sp³-hybridized carbons (Fsp3) is 0.208. The number of carbonyl (C=O) groups is 1. The molecule has 8 heteroatoms. The third-order valence-corrected chi connectivity index (χ3v) is 6.01. The molecule has 164 valence electrons. The Morgan fingerprint density at radius 1 is 1.16 bits per heavy atom. The number of rotatable bonds is 8. The van der Waals surface area contributed by atoms with E-state index >= 15 is 0 Å². The summed E-state index contributed by atoms with van der Waals surface area (Å²) in [4.78, 5) is 30.4. The van der Waals surface area contributed by atoms with Crippen molar-refractivity contribution < 1.29 is 13.9 Å². The standard InChI is InChI=1S/C24H23N3O4S/c1-16(18-9-4-6-12-21(18)30-2)25-22(28)15-32-24-26-20-11-5-3-10-19(20)23(29)27(24)14-17-8-7-13-31-17/h3-13,16H,14-15H2,1-2H3,(H,25,28). The third kappa shape index (κ3) is 4.70. The maximum absolute atomic E-state index is 13.1. The maximum atomic E-state index is 13.1. The molecular weight excluding hydrogens is 426 g/mol. The minimum Gasteiger partial charge on any atom is -0.496 e. The molecule has 2 aromatic heterocycles. The van der Waals surface area contributed by atoms with E-state index in [1.54, 1.807) is 42.2 Å². The van der Waals surface area contributed by atoms with Gasteiger partial charge in [0.15, 0.2) is 5.16 Å². The van der Waals surface area contributed by atoms with E-state index < -0.39 is 0 Å². The molecule has 1 N–H and O–H groups in total. The van der Waals surface area contributed by atoms with Gasteiger partial charge in [-0.25, -0.2) is 4.98 Å². The molecule has 1 unspecified atom stereocenters. The average molecular weight is 450 g/mol. The first-order valence-electron chi connectivity index (χ1n) is 10.1. The van der Waals surface area contributed by atoms with Crippen molar-refractivity contribution in [2.75, 3.05) is 12.9 Å². The number of carbonyl (C=O) groups excluding carboxylic acids is 1. The van der Waals surface area contributed by atoms with Crippen LogP contribution in [0.3, 0.4) is 0 Å². The zero-order valence-corrected chi connectivity index (χ0v) is 18.6. The van der Waals surface area contributed by atoms with Crippen LogP contribution in [0.1, 0.15) is 24.3 Å². The predicted molar refractivity (Wildman–Crippen MR) is 124 cm³/mol. The van der Waals surface area contributed by atoms with Crippen LogP contribution in [0.5, 0.6) is 5.75 Å². The number of aromatic nitrogens is 2. The van der Waals surface area contributed by atoms with Crippen LogP contribution in [0.25, 0.3) is 10.9 Å². The minimum absolute atomic E-state index is 0.114. The maximum Gasteiger partial charge on any atom is 0.262 e. The highest BCUT2D eigenvalue weighted by Gasteiger charge is 2.17. The summed E-state index contributed by atoms with van der Waals surface area (Å²) in [5.74, 6) is 1.31. The van der Waals surface area contributed by atoms with Gasteiger partial charge in [-0.2, -0.15) is 0 Å². The second-order valence-electron chi connectivity index (χ2n) is 7.20. The summed E-state index contributed by atoms with van der Waals surface area (Å²) < 4.78 is 12.3. The quantitative estimate of drug-likeness (QED) is 0.323. The lowest BCUT2D eigenvalue weighted by Gasteiger charge is -2.17. The van der Waals surface area contributed by atoms with E-state index in [-0.39, 0.29) is 29.8 Å². The first-order chi connectivity index (χ1) is 15.6. The number of ether oxygens (including phenoxy) is 1. The fourth-order valence-corrected chi connectivity index (χ4v) is 4.28. The molecule has 0 aliphatic carbocycles. The van der Waals surface area contributed by atoms with Crippen LogP contribution >= 0.6 is 11.8 Å². The Morgan fingerprint density at radius 3 is 2.72 bits per heavy atom. The molecule has 32 heavy (non-hydrogen) atoms. The highest BCUT2D eigenvalue weighted by Crippen LogP contribution is 2.25. The van der Waals surface area contributed by atoms with Gasteiger partial charge < -0.3 is 14.5 Å². The first kappa shape index (κ1) is 21.7. The van der Waals surface area contributed by atoms with Crippen LogP contribution in [0.15, 0.2) is 81.3 Å². The molecule has 2 heterocycles. The second kappa shape index (κ2) is 9.74. The summed E-state index contributed by atoms with van der Waals surface area (Å²) in [6.07, 6.45) is 1.56. The zero-order chi connectivity index (χ0) is 22.5. The monoisotopic (exact) mass is 449 g/mol. The van der Waals surface area contributed by atoms with E-state index in [9.17, 15) is 9.59 Å². The molecule has 4 aromatic rings. The van der Waals surface area contributed by atoms with Gasteiger partial charge in [0.05, 0.1) is 42.6 Å². The Hall–Kier alpha value is -3.52. The van der Waals surface area contributed by atoms with Gasteiger partial charge in [0.25, 0.3) is 5.56 Å². The van der Waals surface area contributed by atoms with E-state index in [2.05, 4.69) is 10.3 Å². The van der Waals surface area contributed by atoms with Crippen molar-refractivity contribution in [1.29, 1.82) is 0 Å². The number of nitrogens with zero attached hydrogens (tertiary/aromatic N) is 2. The largest absolute Gasteiger partial charge is 0.496 e. The molecule has 1 amide bonds. The SMILES string of the molecule is COc1ccccc1C(C)NC(=O)CSc1nc2ccccc2c(=O)n1Cc1ccco1. The van der Waals surface area contributed by atoms with Gasteiger partial charge in [-0.3, -0.25) is 14.2 Å². The zero-order valence-electron chi connectivity index (χ0n) is 17.8. The highest BCUT2D eigenvalue weighted by atomic mass is 32.2. The van der Waals surface area contributed by atoms with Crippen LogP contribution in [-0.4, -0.2) is 28.3 Å². The van der Waals surface area contributed by atoms with Gasteiger partial charge >= 0.3 is 0 Å². The normalized spacial score (nSPS) is 11.9. The fourth-order valence-electron chi connectivity index (χ4n) is 3.47. The molecule has 0 saturated carbocycles. The lowest BCUT2D eigenvalue weighted by molar-refractivity contribution is -0.119. The molecule has 1 atom stereocenters. The molecule has 0 aliphatic heterocycles. The second-order valence-corrected chi connectivity index (χ2v) is 8.14. The summed E-state index contributed by atoms with van der Waals surface area (Å²) in [6, 6.07) is 18.1. The van der Waals surface area contributed by atoms with Crippen molar-refractivity contribution in [2.45, 2.75) is 24.7 Å². The average Bonchev–Trinajstić information content (AvgIpc) is 3.33. The number of methoxy groups -OCH3 is 1. The molecule has 2 aromatic carbocycles. The number of hydrogen-bond donors (Lipinski definition) is 1. The Morgan fingerprint density at radius 2 is 1.94 bits per heavy atom. The van der Waals surface area contributed by atoms with Crippen LogP contribution < -0.4 is 15.6 Å². The summed E-state index contributed by atoms with van der Waals surface area (Å²) in [6.45, 7) is 2.15. The van der Waals surface area contributed by atoms with Gasteiger partial charge in [0, 0.05) is 5.56 Å². The van der Waals surface area contributed by atoms with E-state index in [1.807, 2.05) is 43.3 Å².